The number of sulfonamides is 1. The van der Waals surface area contributed by atoms with E-state index in [1.54, 1.807) is 23.4 Å². The van der Waals surface area contributed by atoms with Gasteiger partial charge in [-0.25, -0.2) is 8.42 Å². The van der Waals surface area contributed by atoms with E-state index in [2.05, 4.69) is 27.8 Å². The Morgan fingerprint density at radius 2 is 1.95 bits per heavy atom. The minimum Gasteiger partial charge on any atom is -0.398 e. The first-order valence-corrected chi connectivity index (χ1v) is 9.10. The Morgan fingerprint density at radius 3 is 2.48 bits per heavy atom. The summed E-state index contributed by atoms with van der Waals surface area (Å²) in [5.74, 6) is 0.308. The maximum absolute atomic E-state index is 12.9. The minimum absolute atomic E-state index is 0.243. The van der Waals surface area contributed by atoms with Gasteiger partial charge >= 0.3 is 0 Å². The van der Waals surface area contributed by atoms with E-state index in [1.807, 2.05) is 14.1 Å². The number of anilines is 1. The topological polar surface area (TPSA) is 66.6 Å². The molecular weight excluding hydrogens is 354 g/mol. The highest BCUT2D eigenvalue weighted by atomic mass is 79.9. The van der Waals surface area contributed by atoms with Crippen LogP contribution in [0.5, 0.6) is 0 Å². The third-order valence-electron chi connectivity index (χ3n) is 4.11. The molecule has 1 saturated heterocycles. The highest BCUT2D eigenvalue weighted by molar-refractivity contribution is 9.10. The van der Waals surface area contributed by atoms with Crippen LogP contribution in [-0.2, 0) is 10.0 Å². The molecule has 2 N–H and O–H groups in total. The van der Waals surface area contributed by atoms with Crippen LogP contribution in [-0.4, -0.2) is 50.8 Å². The first kappa shape index (κ1) is 16.7. The molecule has 2 unspecified atom stereocenters. The standard InChI is InChI=1S/C14H22BrN3O2S/c1-9-5-11(15)12(16)6-14(9)21(19,20)18-7-10(2)13(8-18)17(3)4/h5-6,10,13H,7-8,16H2,1-4H3. The average molecular weight is 376 g/mol. The van der Waals surface area contributed by atoms with E-state index in [1.165, 1.54) is 0 Å². The van der Waals surface area contributed by atoms with E-state index in [4.69, 9.17) is 5.73 Å². The van der Waals surface area contributed by atoms with Gasteiger partial charge in [-0.3, -0.25) is 0 Å². The number of nitrogens with zero attached hydrogens (tertiary/aromatic N) is 2. The number of nitrogens with two attached hydrogens (primary N) is 1. The van der Waals surface area contributed by atoms with Crippen molar-refractivity contribution < 1.29 is 8.42 Å². The van der Waals surface area contributed by atoms with Crippen molar-refractivity contribution in [3.8, 4) is 0 Å². The van der Waals surface area contributed by atoms with E-state index < -0.39 is 10.0 Å². The molecule has 0 amide bonds. The molecule has 0 saturated carbocycles. The molecule has 1 fully saturated rings. The maximum Gasteiger partial charge on any atom is 0.243 e. The number of nitrogen functional groups attached to an aromatic ring is 1. The van der Waals surface area contributed by atoms with Crippen molar-refractivity contribution in [1.29, 1.82) is 0 Å². The van der Waals surface area contributed by atoms with E-state index in [0.29, 0.717) is 35.2 Å². The minimum atomic E-state index is -3.50. The quantitative estimate of drug-likeness (QED) is 0.819. The van der Waals surface area contributed by atoms with Gasteiger partial charge in [-0.1, -0.05) is 6.92 Å². The highest BCUT2D eigenvalue weighted by Crippen LogP contribution is 2.31. The molecule has 1 aromatic carbocycles. The second-order valence-corrected chi connectivity index (χ2v) is 8.73. The molecule has 1 heterocycles. The molecular formula is C14H22BrN3O2S. The van der Waals surface area contributed by atoms with E-state index in [-0.39, 0.29) is 6.04 Å². The molecule has 0 spiro atoms. The zero-order chi connectivity index (χ0) is 15.9. The highest BCUT2D eigenvalue weighted by Gasteiger charge is 2.38. The molecule has 0 radical (unpaired) electrons. The lowest BCUT2D eigenvalue weighted by molar-refractivity contribution is 0.263. The lowest BCUT2D eigenvalue weighted by atomic mass is 10.1. The smallest absolute Gasteiger partial charge is 0.243 e. The monoisotopic (exact) mass is 375 g/mol. The van der Waals surface area contributed by atoms with Gasteiger partial charge < -0.3 is 10.6 Å². The fraction of sp³-hybridized carbons (Fsp3) is 0.571. The SMILES string of the molecule is Cc1cc(Br)c(N)cc1S(=O)(=O)N1CC(C)C(N(C)C)C1. The fourth-order valence-corrected chi connectivity index (χ4v) is 5.12. The molecule has 1 aliphatic rings. The van der Waals surface area contributed by atoms with Gasteiger partial charge in [-0.15, -0.1) is 0 Å². The van der Waals surface area contributed by atoms with Crippen molar-refractivity contribution in [1.82, 2.24) is 9.21 Å². The van der Waals surface area contributed by atoms with Crippen LogP contribution in [0.4, 0.5) is 5.69 Å². The summed E-state index contributed by atoms with van der Waals surface area (Å²) >= 11 is 3.33. The summed E-state index contributed by atoms with van der Waals surface area (Å²) in [7, 11) is 0.470. The number of hydrogen-bond acceptors (Lipinski definition) is 4. The van der Waals surface area contributed by atoms with Crippen LogP contribution in [0.1, 0.15) is 12.5 Å². The van der Waals surface area contributed by atoms with Gasteiger partial charge in [0.15, 0.2) is 0 Å². The second-order valence-electron chi connectivity index (χ2n) is 5.97. The average Bonchev–Trinajstić information content (AvgIpc) is 2.76. The number of hydrogen-bond donors (Lipinski definition) is 1. The summed E-state index contributed by atoms with van der Waals surface area (Å²) in [6, 6.07) is 3.54. The van der Waals surface area contributed by atoms with Crippen molar-refractivity contribution >= 4 is 31.6 Å². The maximum atomic E-state index is 12.9. The van der Waals surface area contributed by atoms with E-state index >= 15 is 0 Å². The fourth-order valence-electron chi connectivity index (χ4n) is 2.86. The first-order chi connectivity index (χ1) is 9.64. The molecule has 118 valence electrons. The molecule has 21 heavy (non-hydrogen) atoms. The Morgan fingerprint density at radius 1 is 1.33 bits per heavy atom. The van der Waals surface area contributed by atoms with Crippen molar-refractivity contribution in [3.05, 3.63) is 22.2 Å². The van der Waals surface area contributed by atoms with Gasteiger partial charge in [0.25, 0.3) is 0 Å². The summed E-state index contributed by atoms with van der Waals surface area (Å²) in [5, 5.41) is 0. The summed E-state index contributed by atoms with van der Waals surface area (Å²) < 4.78 is 28.0. The van der Waals surface area contributed by atoms with Crippen LogP contribution in [0.25, 0.3) is 0 Å². The van der Waals surface area contributed by atoms with Crippen LogP contribution >= 0.6 is 15.9 Å². The van der Waals surface area contributed by atoms with Gasteiger partial charge in [0, 0.05) is 29.3 Å². The second kappa shape index (κ2) is 5.87. The third kappa shape index (κ3) is 3.11. The Balaban J connectivity index is 2.38. The van der Waals surface area contributed by atoms with Crippen LogP contribution in [0.15, 0.2) is 21.5 Å². The first-order valence-electron chi connectivity index (χ1n) is 6.86. The Hall–Kier alpha value is -0.630. The van der Waals surface area contributed by atoms with Crippen LogP contribution in [0, 0.1) is 12.8 Å². The van der Waals surface area contributed by atoms with Crippen LogP contribution < -0.4 is 5.73 Å². The number of benzene rings is 1. The van der Waals surface area contributed by atoms with Crippen molar-refractivity contribution in [2.24, 2.45) is 5.92 Å². The third-order valence-corrected chi connectivity index (χ3v) is 6.77. The molecule has 0 aromatic heterocycles. The summed E-state index contributed by atoms with van der Waals surface area (Å²) in [4.78, 5) is 2.39. The molecule has 1 aromatic rings. The van der Waals surface area contributed by atoms with Gasteiger partial charge in [0.1, 0.15) is 0 Å². The Kier molecular flexibility index (Phi) is 4.68. The summed E-state index contributed by atoms with van der Waals surface area (Å²) in [6.45, 7) is 4.94. The molecule has 5 nitrogen and oxygen atoms in total. The number of rotatable bonds is 3. The molecule has 7 heteroatoms. The lowest BCUT2D eigenvalue weighted by Gasteiger charge is -2.22. The van der Waals surface area contributed by atoms with Crippen molar-refractivity contribution in [2.45, 2.75) is 24.8 Å². The van der Waals surface area contributed by atoms with Gasteiger partial charge in [-0.2, -0.15) is 4.31 Å². The summed E-state index contributed by atoms with van der Waals surface area (Å²) in [6.07, 6.45) is 0. The summed E-state index contributed by atoms with van der Waals surface area (Å²) in [5.41, 5.74) is 7.00. The predicted octanol–water partition coefficient (Wildman–Crippen LogP) is 1.91. The van der Waals surface area contributed by atoms with Crippen molar-refractivity contribution in [3.63, 3.8) is 0 Å². The van der Waals surface area contributed by atoms with E-state index in [0.717, 1.165) is 4.47 Å². The largest absolute Gasteiger partial charge is 0.398 e. The lowest BCUT2D eigenvalue weighted by Crippen LogP contribution is -2.36. The number of aryl methyl sites for hydroxylation is 1. The zero-order valence-electron chi connectivity index (χ0n) is 12.8. The van der Waals surface area contributed by atoms with Crippen LogP contribution in [0.2, 0.25) is 0 Å². The molecule has 0 aliphatic carbocycles. The molecule has 0 bridgehead atoms. The zero-order valence-corrected chi connectivity index (χ0v) is 15.2. The van der Waals surface area contributed by atoms with Crippen molar-refractivity contribution in [2.75, 3.05) is 32.9 Å². The Labute approximate surface area is 135 Å². The normalized spacial score (nSPS) is 23.9. The molecule has 2 rings (SSSR count). The van der Waals surface area contributed by atoms with E-state index in [9.17, 15) is 8.42 Å². The van der Waals surface area contributed by atoms with Gasteiger partial charge in [0.05, 0.1) is 4.90 Å². The predicted molar refractivity (Wildman–Crippen MR) is 88.7 cm³/mol. The number of halogens is 1. The number of likely N-dealkylation sites (N-methyl/N-ethyl adjacent to an activating group) is 1. The van der Waals surface area contributed by atoms with Gasteiger partial charge in [-0.05, 0) is 60.6 Å². The Bertz CT molecular complexity index is 646. The molecule has 2 atom stereocenters. The van der Waals surface area contributed by atoms with Gasteiger partial charge in [0.2, 0.25) is 10.0 Å². The van der Waals surface area contributed by atoms with Crippen LogP contribution in [0.3, 0.4) is 0 Å². The molecule has 1 aliphatic heterocycles.